The van der Waals surface area contributed by atoms with Gasteiger partial charge in [-0.25, -0.2) is 4.79 Å². The zero-order valence-corrected chi connectivity index (χ0v) is 19.6. The molecule has 32 heavy (non-hydrogen) atoms. The second-order valence-electron chi connectivity index (χ2n) is 7.64. The molecule has 5 nitrogen and oxygen atoms in total. The van der Waals surface area contributed by atoms with E-state index in [0.29, 0.717) is 36.0 Å². The van der Waals surface area contributed by atoms with E-state index in [2.05, 4.69) is 0 Å². The number of methoxy groups -OCH3 is 1. The minimum Gasteiger partial charge on any atom is -0.493 e. The molecule has 0 fully saturated rings. The predicted molar refractivity (Wildman–Crippen MR) is 125 cm³/mol. The fourth-order valence-electron chi connectivity index (χ4n) is 3.52. The van der Waals surface area contributed by atoms with Crippen LogP contribution in [0.4, 0.5) is 0 Å². The SMILES string of the molecule is CCOc1c(C)c(C)c(OCc2ccccc2)c(Oc2cc(C(=O)OC)ccc2C)c1C. The summed E-state index contributed by atoms with van der Waals surface area (Å²) < 4.78 is 23.5. The molecule has 0 spiro atoms. The Morgan fingerprint density at radius 2 is 1.50 bits per heavy atom. The molecule has 0 N–H and O–H groups in total. The topological polar surface area (TPSA) is 54.0 Å². The zero-order chi connectivity index (χ0) is 23.3. The molecule has 3 aromatic carbocycles. The fraction of sp³-hybridized carbons (Fsp3) is 0.296. The minimum atomic E-state index is -0.415. The van der Waals surface area contributed by atoms with Crippen molar-refractivity contribution in [1.29, 1.82) is 0 Å². The summed E-state index contributed by atoms with van der Waals surface area (Å²) in [5.74, 6) is 2.18. The van der Waals surface area contributed by atoms with Gasteiger partial charge in [-0.1, -0.05) is 36.4 Å². The van der Waals surface area contributed by atoms with E-state index in [4.69, 9.17) is 18.9 Å². The second kappa shape index (κ2) is 10.2. The van der Waals surface area contributed by atoms with Crippen LogP contribution in [0.5, 0.6) is 23.0 Å². The Balaban J connectivity index is 2.09. The molecule has 0 aliphatic rings. The lowest BCUT2D eigenvalue weighted by molar-refractivity contribution is 0.0600. The molecule has 0 aromatic heterocycles. The highest BCUT2D eigenvalue weighted by Gasteiger charge is 2.23. The maximum atomic E-state index is 12.0. The molecule has 0 saturated carbocycles. The van der Waals surface area contributed by atoms with Crippen LogP contribution in [0.1, 0.15) is 45.1 Å². The average Bonchev–Trinajstić information content (AvgIpc) is 2.81. The van der Waals surface area contributed by atoms with Crippen LogP contribution in [0.25, 0.3) is 0 Å². The molecule has 0 atom stereocenters. The van der Waals surface area contributed by atoms with Crippen LogP contribution in [0.3, 0.4) is 0 Å². The molecule has 0 radical (unpaired) electrons. The van der Waals surface area contributed by atoms with Crippen LogP contribution in [0, 0.1) is 27.7 Å². The third-order valence-corrected chi connectivity index (χ3v) is 5.47. The highest BCUT2D eigenvalue weighted by molar-refractivity contribution is 5.90. The van der Waals surface area contributed by atoms with Gasteiger partial charge in [-0.15, -0.1) is 0 Å². The van der Waals surface area contributed by atoms with E-state index in [1.807, 2.05) is 71.0 Å². The van der Waals surface area contributed by atoms with Gasteiger partial charge in [-0.3, -0.25) is 0 Å². The Labute approximate surface area is 189 Å². The van der Waals surface area contributed by atoms with Crippen molar-refractivity contribution in [2.24, 2.45) is 0 Å². The van der Waals surface area contributed by atoms with Gasteiger partial charge in [-0.05, 0) is 63.4 Å². The summed E-state index contributed by atoms with van der Waals surface area (Å²) in [6.07, 6.45) is 0. The standard InChI is InChI=1S/C27H30O5/c1-7-30-24-18(3)19(4)25(31-16-21-11-9-8-10-12-21)26(20(24)5)32-23-15-22(27(28)29-6)14-13-17(23)2/h8-15H,7,16H2,1-6H3. The van der Waals surface area contributed by atoms with E-state index in [0.717, 1.165) is 33.6 Å². The lowest BCUT2D eigenvalue weighted by Gasteiger charge is -2.23. The molecule has 5 heteroatoms. The van der Waals surface area contributed by atoms with Gasteiger partial charge < -0.3 is 18.9 Å². The van der Waals surface area contributed by atoms with Gasteiger partial charge >= 0.3 is 5.97 Å². The number of benzene rings is 3. The Kier molecular flexibility index (Phi) is 7.41. The van der Waals surface area contributed by atoms with Crippen LogP contribution >= 0.6 is 0 Å². The maximum Gasteiger partial charge on any atom is 0.337 e. The third kappa shape index (κ3) is 4.88. The van der Waals surface area contributed by atoms with Crippen LogP contribution in [-0.2, 0) is 11.3 Å². The summed E-state index contributed by atoms with van der Waals surface area (Å²) in [7, 11) is 1.36. The highest BCUT2D eigenvalue weighted by atomic mass is 16.5. The van der Waals surface area contributed by atoms with E-state index < -0.39 is 5.97 Å². The molecular formula is C27H30O5. The fourth-order valence-corrected chi connectivity index (χ4v) is 3.52. The summed E-state index contributed by atoms with van der Waals surface area (Å²) in [5.41, 5.74) is 5.19. The normalized spacial score (nSPS) is 10.6. The van der Waals surface area contributed by atoms with Crippen LogP contribution < -0.4 is 14.2 Å². The van der Waals surface area contributed by atoms with Gasteiger partial charge in [0, 0.05) is 11.1 Å². The van der Waals surface area contributed by atoms with Crippen molar-refractivity contribution in [3.63, 3.8) is 0 Å². The monoisotopic (exact) mass is 434 g/mol. The van der Waals surface area contributed by atoms with Gasteiger partial charge in [-0.2, -0.15) is 0 Å². The Morgan fingerprint density at radius 1 is 0.812 bits per heavy atom. The summed E-state index contributed by atoms with van der Waals surface area (Å²) in [6.45, 7) is 10.8. The number of esters is 1. The summed E-state index contributed by atoms with van der Waals surface area (Å²) in [5, 5.41) is 0. The van der Waals surface area contributed by atoms with Crippen molar-refractivity contribution in [2.45, 2.75) is 41.2 Å². The maximum absolute atomic E-state index is 12.0. The number of hydrogen-bond donors (Lipinski definition) is 0. The van der Waals surface area contributed by atoms with E-state index in [9.17, 15) is 4.79 Å². The van der Waals surface area contributed by atoms with Crippen LogP contribution in [0.2, 0.25) is 0 Å². The van der Waals surface area contributed by atoms with Crippen LogP contribution in [0.15, 0.2) is 48.5 Å². The lowest BCUT2D eigenvalue weighted by Crippen LogP contribution is -2.07. The number of hydrogen-bond acceptors (Lipinski definition) is 5. The molecule has 0 aliphatic carbocycles. The number of aryl methyl sites for hydroxylation is 1. The average molecular weight is 435 g/mol. The molecule has 0 bridgehead atoms. The quantitative estimate of drug-likeness (QED) is 0.380. The Bertz CT molecular complexity index is 1100. The lowest BCUT2D eigenvalue weighted by atomic mass is 10.0. The summed E-state index contributed by atoms with van der Waals surface area (Å²) in [6, 6.07) is 15.2. The van der Waals surface area contributed by atoms with Crippen molar-refractivity contribution < 1.29 is 23.7 Å². The van der Waals surface area contributed by atoms with E-state index in [1.165, 1.54) is 7.11 Å². The van der Waals surface area contributed by atoms with Crippen molar-refractivity contribution in [2.75, 3.05) is 13.7 Å². The first-order chi connectivity index (χ1) is 15.4. The van der Waals surface area contributed by atoms with E-state index in [-0.39, 0.29) is 0 Å². The first-order valence-electron chi connectivity index (χ1n) is 10.7. The van der Waals surface area contributed by atoms with E-state index in [1.54, 1.807) is 12.1 Å². The van der Waals surface area contributed by atoms with Gasteiger partial charge in [0.2, 0.25) is 0 Å². The van der Waals surface area contributed by atoms with Crippen LogP contribution in [-0.4, -0.2) is 19.7 Å². The highest BCUT2D eigenvalue weighted by Crippen LogP contribution is 2.46. The molecule has 0 amide bonds. The minimum absolute atomic E-state index is 0.409. The van der Waals surface area contributed by atoms with Crippen molar-refractivity contribution in [1.82, 2.24) is 0 Å². The van der Waals surface area contributed by atoms with Gasteiger partial charge in [0.15, 0.2) is 11.5 Å². The molecular weight excluding hydrogens is 404 g/mol. The van der Waals surface area contributed by atoms with E-state index >= 15 is 0 Å². The molecule has 3 rings (SSSR count). The largest absolute Gasteiger partial charge is 0.493 e. The van der Waals surface area contributed by atoms with Crippen molar-refractivity contribution >= 4 is 5.97 Å². The summed E-state index contributed by atoms with van der Waals surface area (Å²) in [4.78, 5) is 12.0. The third-order valence-electron chi connectivity index (χ3n) is 5.47. The predicted octanol–water partition coefficient (Wildman–Crippen LogP) is 6.48. The first-order valence-corrected chi connectivity index (χ1v) is 10.7. The Morgan fingerprint density at radius 3 is 2.16 bits per heavy atom. The molecule has 3 aromatic rings. The van der Waals surface area contributed by atoms with Gasteiger partial charge in [0.1, 0.15) is 18.1 Å². The number of rotatable bonds is 8. The molecule has 0 saturated heterocycles. The molecule has 0 unspecified atom stereocenters. The molecule has 0 aliphatic heterocycles. The number of carbonyl (C=O) groups excluding carboxylic acids is 1. The molecule has 168 valence electrons. The van der Waals surface area contributed by atoms with Gasteiger partial charge in [0.05, 0.1) is 19.3 Å². The number of ether oxygens (including phenoxy) is 4. The Hall–Kier alpha value is -3.47. The smallest absolute Gasteiger partial charge is 0.337 e. The zero-order valence-electron chi connectivity index (χ0n) is 19.6. The number of carbonyl (C=O) groups is 1. The van der Waals surface area contributed by atoms with Gasteiger partial charge in [0.25, 0.3) is 0 Å². The second-order valence-corrected chi connectivity index (χ2v) is 7.64. The van der Waals surface area contributed by atoms with Crippen molar-refractivity contribution in [3.05, 3.63) is 81.9 Å². The van der Waals surface area contributed by atoms with Crippen molar-refractivity contribution in [3.8, 4) is 23.0 Å². The first kappa shape index (κ1) is 23.2. The summed E-state index contributed by atoms with van der Waals surface area (Å²) >= 11 is 0. The molecule has 0 heterocycles.